The number of hydrogen-bond acceptors (Lipinski definition) is 6. The van der Waals surface area contributed by atoms with Gasteiger partial charge in [0, 0.05) is 12.7 Å². The van der Waals surface area contributed by atoms with Crippen molar-refractivity contribution in [2.45, 2.75) is 25.0 Å². The summed E-state index contributed by atoms with van der Waals surface area (Å²) >= 11 is 1.24. The van der Waals surface area contributed by atoms with Crippen molar-refractivity contribution in [3.05, 3.63) is 28.2 Å². The zero-order valence-electron chi connectivity index (χ0n) is 10.3. The molecule has 0 aliphatic carbocycles. The first-order chi connectivity index (χ1) is 9.04. The highest BCUT2D eigenvalue weighted by Crippen LogP contribution is 2.26. The number of nitrogens with zero attached hydrogens (tertiary/aromatic N) is 3. The Bertz CT molecular complexity index is 634. The molecule has 0 fully saturated rings. The van der Waals surface area contributed by atoms with Gasteiger partial charge in [0.1, 0.15) is 4.90 Å². The quantitative estimate of drug-likeness (QED) is 0.790. The molecule has 2 rings (SSSR count). The first-order valence-corrected chi connectivity index (χ1v) is 7.92. The summed E-state index contributed by atoms with van der Waals surface area (Å²) < 4.78 is 28.4. The molecule has 7 nitrogen and oxygen atoms in total. The summed E-state index contributed by atoms with van der Waals surface area (Å²) in [6, 6.07) is 0. The van der Waals surface area contributed by atoms with Gasteiger partial charge in [0.05, 0.1) is 24.2 Å². The van der Waals surface area contributed by atoms with Crippen molar-refractivity contribution >= 4 is 21.4 Å². The Morgan fingerprint density at radius 3 is 2.95 bits per heavy atom. The highest BCUT2D eigenvalue weighted by atomic mass is 32.2. The molecule has 0 aliphatic heterocycles. The van der Waals surface area contributed by atoms with Crippen LogP contribution in [-0.2, 0) is 23.2 Å². The number of sulfonamides is 1. The Morgan fingerprint density at radius 1 is 1.53 bits per heavy atom. The predicted octanol–water partition coefficient (Wildman–Crippen LogP) is 0.119. The van der Waals surface area contributed by atoms with E-state index in [0.29, 0.717) is 17.0 Å². The average Bonchev–Trinajstić information content (AvgIpc) is 2.98. The number of rotatable bonds is 6. The summed E-state index contributed by atoms with van der Waals surface area (Å²) in [6.07, 6.45) is 3.19. The molecule has 2 aromatic heterocycles. The topological polar surface area (TPSA) is 97.1 Å². The normalized spacial score (nSPS) is 11.9. The summed E-state index contributed by atoms with van der Waals surface area (Å²) in [5.41, 5.74) is 0.641. The van der Waals surface area contributed by atoms with Crippen LogP contribution in [0.2, 0.25) is 0 Å². The monoisotopic (exact) mass is 302 g/mol. The molecular weight excluding hydrogens is 288 g/mol. The Balaban J connectivity index is 2.07. The second kappa shape index (κ2) is 5.78. The SMILES string of the molecule is Cc1csc(CO)c1S(=O)(=O)NCCn1ccnn1. The second-order valence-electron chi connectivity index (χ2n) is 3.89. The third kappa shape index (κ3) is 3.18. The molecule has 0 spiro atoms. The molecule has 0 saturated heterocycles. The molecule has 9 heteroatoms. The molecule has 2 aromatic rings. The maximum absolute atomic E-state index is 12.2. The third-order valence-corrected chi connectivity index (χ3v) is 5.41. The van der Waals surface area contributed by atoms with E-state index in [1.54, 1.807) is 18.5 Å². The van der Waals surface area contributed by atoms with E-state index in [0.717, 1.165) is 0 Å². The van der Waals surface area contributed by atoms with Gasteiger partial charge in [-0.1, -0.05) is 5.21 Å². The summed E-state index contributed by atoms with van der Waals surface area (Å²) in [6.45, 7) is 2.04. The van der Waals surface area contributed by atoms with Gasteiger partial charge in [0.2, 0.25) is 10.0 Å². The van der Waals surface area contributed by atoms with E-state index < -0.39 is 10.0 Å². The molecule has 19 heavy (non-hydrogen) atoms. The van der Waals surface area contributed by atoms with Gasteiger partial charge in [-0.15, -0.1) is 16.4 Å². The molecule has 104 valence electrons. The van der Waals surface area contributed by atoms with Gasteiger partial charge in [-0.05, 0) is 17.9 Å². The Labute approximate surface area is 114 Å². The van der Waals surface area contributed by atoms with E-state index in [-0.39, 0.29) is 18.0 Å². The number of aliphatic hydroxyl groups is 1. The lowest BCUT2D eigenvalue weighted by molar-refractivity contribution is 0.282. The van der Waals surface area contributed by atoms with Crippen molar-refractivity contribution in [3.63, 3.8) is 0 Å². The van der Waals surface area contributed by atoms with Crippen LogP contribution in [-0.4, -0.2) is 35.1 Å². The Morgan fingerprint density at radius 2 is 2.32 bits per heavy atom. The third-order valence-electron chi connectivity index (χ3n) is 2.51. The van der Waals surface area contributed by atoms with Crippen LogP contribution in [0.5, 0.6) is 0 Å². The minimum absolute atomic E-state index is 0.179. The standard InChI is InChI=1S/C10H14N4O3S2/c1-8-7-18-9(6-15)10(8)19(16,17)12-3-5-14-4-2-11-13-14/h2,4,7,12,15H,3,5-6H2,1H3. The van der Waals surface area contributed by atoms with Crippen LogP contribution in [0.4, 0.5) is 0 Å². The van der Waals surface area contributed by atoms with Crippen molar-refractivity contribution < 1.29 is 13.5 Å². The van der Waals surface area contributed by atoms with Crippen molar-refractivity contribution in [3.8, 4) is 0 Å². The molecule has 0 atom stereocenters. The van der Waals surface area contributed by atoms with Gasteiger partial charge in [-0.2, -0.15) is 0 Å². The van der Waals surface area contributed by atoms with Crippen molar-refractivity contribution in [2.24, 2.45) is 0 Å². The van der Waals surface area contributed by atoms with Crippen LogP contribution in [0.25, 0.3) is 0 Å². The highest BCUT2D eigenvalue weighted by molar-refractivity contribution is 7.89. The van der Waals surface area contributed by atoms with Crippen LogP contribution in [0, 0.1) is 6.92 Å². The van der Waals surface area contributed by atoms with Crippen molar-refractivity contribution in [1.29, 1.82) is 0 Å². The van der Waals surface area contributed by atoms with E-state index in [1.807, 2.05) is 0 Å². The number of nitrogens with one attached hydrogen (secondary N) is 1. The average molecular weight is 302 g/mol. The van der Waals surface area contributed by atoms with Crippen LogP contribution in [0.15, 0.2) is 22.7 Å². The molecule has 0 bridgehead atoms. The molecule has 0 radical (unpaired) electrons. The molecule has 0 aliphatic rings. The minimum atomic E-state index is -3.60. The van der Waals surface area contributed by atoms with Crippen LogP contribution >= 0.6 is 11.3 Å². The summed E-state index contributed by atoms with van der Waals surface area (Å²) in [5.74, 6) is 0. The second-order valence-corrected chi connectivity index (χ2v) is 6.56. The van der Waals surface area contributed by atoms with Gasteiger partial charge in [-0.3, -0.25) is 4.68 Å². The fourth-order valence-corrected chi connectivity index (χ4v) is 4.35. The van der Waals surface area contributed by atoms with Crippen LogP contribution in [0.3, 0.4) is 0 Å². The summed E-state index contributed by atoms with van der Waals surface area (Å²) in [7, 11) is -3.60. The minimum Gasteiger partial charge on any atom is -0.391 e. The Kier molecular flexibility index (Phi) is 4.30. The van der Waals surface area contributed by atoms with Gasteiger partial charge < -0.3 is 5.11 Å². The molecule has 0 amide bonds. The lowest BCUT2D eigenvalue weighted by atomic mass is 10.3. The molecule has 2 N–H and O–H groups in total. The lowest BCUT2D eigenvalue weighted by Gasteiger charge is -2.08. The van der Waals surface area contributed by atoms with E-state index in [2.05, 4.69) is 15.0 Å². The smallest absolute Gasteiger partial charge is 0.242 e. The fraction of sp³-hybridized carbons (Fsp3) is 0.400. The van der Waals surface area contributed by atoms with E-state index in [9.17, 15) is 8.42 Å². The van der Waals surface area contributed by atoms with Gasteiger partial charge in [0.25, 0.3) is 0 Å². The summed E-state index contributed by atoms with van der Waals surface area (Å²) in [5, 5.41) is 18.3. The van der Waals surface area contributed by atoms with E-state index in [1.165, 1.54) is 22.2 Å². The molecule has 0 unspecified atom stereocenters. The number of aromatic nitrogens is 3. The number of aryl methyl sites for hydroxylation is 1. The van der Waals surface area contributed by atoms with Crippen LogP contribution in [0.1, 0.15) is 10.4 Å². The first kappa shape index (κ1) is 14.1. The first-order valence-electron chi connectivity index (χ1n) is 5.56. The highest BCUT2D eigenvalue weighted by Gasteiger charge is 2.22. The molecule has 0 aromatic carbocycles. The number of thiophene rings is 1. The summed E-state index contributed by atoms with van der Waals surface area (Å²) in [4.78, 5) is 0.629. The van der Waals surface area contributed by atoms with E-state index >= 15 is 0 Å². The number of aliphatic hydroxyl groups excluding tert-OH is 1. The lowest BCUT2D eigenvalue weighted by Crippen LogP contribution is -2.28. The molecule has 2 heterocycles. The predicted molar refractivity (Wildman–Crippen MR) is 70.2 cm³/mol. The van der Waals surface area contributed by atoms with Crippen molar-refractivity contribution in [1.82, 2.24) is 19.7 Å². The molecule has 0 saturated carbocycles. The van der Waals surface area contributed by atoms with Crippen LogP contribution < -0.4 is 4.72 Å². The fourth-order valence-electron chi connectivity index (χ4n) is 1.68. The van der Waals surface area contributed by atoms with Gasteiger partial charge in [-0.25, -0.2) is 13.1 Å². The maximum atomic E-state index is 12.2. The van der Waals surface area contributed by atoms with E-state index in [4.69, 9.17) is 5.11 Å². The Hall–Kier alpha value is -1.29. The maximum Gasteiger partial charge on any atom is 0.242 e. The zero-order valence-corrected chi connectivity index (χ0v) is 11.9. The largest absolute Gasteiger partial charge is 0.391 e. The number of hydrogen-bond donors (Lipinski definition) is 2. The van der Waals surface area contributed by atoms with Gasteiger partial charge in [0.15, 0.2) is 0 Å². The van der Waals surface area contributed by atoms with Gasteiger partial charge >= 0.3 is 0 Å². The zero-order chi connectivity index (χ0) is 13.9. The van der Waals surface area contributed by atoms with Crippen molar-refractivity contribution in [2.75, 3.05) is 6.54 Å². The molecular formula is C10H14N4O3S2.